The maximum Gasteiger partial charge on any atom is 0.189 e. The van der Waals surface area contributed by atoms with Gasteiger partial charge < -0.3 is 28.8 Å². The Morgan fingerprint density at radius 3 is 2.80 bits per heavy atom. The van der Waals surface area contributed by atoms with E-state index in [1.165, 1.54) is 30.4 Å². The summed E-state index contributed by atoms with van der Waals surface area (Å²) < 4.78 is 29.9. The minimum atomic E-state index is -0.808. The van der Waals surface area contributed by atoms with Crippen molar-refractivity contribution < 1.29 is 28.8 Å². The molecule has 3 aliphatic carbocycles. The van der Waals surface area contributed by atoms with Gasteiger partial charge in [0.15, 0.2) is 18.3 Å². The maximum atomic E-state index is 12.6. The standard InChI is InChI=1S/C28H41NO6/c1-3-13-33-22-9-10-28(30)23-16-20-7-8-21(34-18-32-15-14-31-2)25-24(20)27(28,26(22)35-25)11-12-29(23)17-19-5-4-6-19/h7-8,19,22-23,26,30H,3-6,9-18H2,1-2H3/t22?,23-,26?,27+,28-/m1/s1. The van der Waals surface area contributed by atoms with E-state index in [1.807, 2.05) is 6.07 Å². The van der Waals surface area contributed by atoms with Crippen molar-refractivity contribution in [1.29, 1.82) is 0 Å². The number of benzene rings is 1. The van der Waals surface area contributed by atoms with E-state index in [0.717, 1.165) is 63.5 Å². The third kappa shape index (κ3) is 3.64. The van der Waals surface area contributed by atoms with Gasteiger partial charge in [-0.3, -0.25) is 4.90 Å². The summed E-state index contributed by atoms with van der Waals surface area (Å²) in [5.74, 6) is 2.30. The second kappa shape index (κ2) is 9.49. The summed E-state index contributed by atoms with van der Waals surface area (Å²) in [6.45, 7) is 6.15. The van der Waals surface area contributed by atoms with Crippen LogP contribution in [0.4, 0.5) is 0 Å². The fraction of sp³-hybridized carbons (Fsp3) is 0.786. The van der Waals surface area contributed by atoms with Crippen LogP contribution in [0.5, 0.6) is 11.5 Å². The predicted octanol–water partition coefficient (Wildman–Crippen LogP) is 3.44. The van der Waals surface area contributed by atoms with Crippen LogP contribution in [0.1, 0.15) is 63.0 Å². The molecule has 0 aromatic heterocycles. The molecule has 1 aromatic carbocycles. The SMILES string of the molecule is CCCOC1CC[C@@]2(O)[C@H]3Cc4ccc(OCOCCOC)c5c4[C@@]2(CCN3CC2CCC2)C1O5. The van der Waals surface area contributed by atoms with Gasteiger partial charge >= 0.3 is 0 Å². The van der Waals surface area contributed by atoms with Gasteiger partial charge in [-0.2, -0.15) is 0 Å². The van der Waals surface area contributed by atoms with Gasteiger partial charge in [-0.25, -0.2) is 0 Å². The van der Waals surface area contributed by atoms with E-state index in [4.69, 9.17) is 23.7 Å². The molecule has 1 aromatic rings. The third-order valence-corrected chi connectivity index (χ3v) is 9.49. The van der Waals surface area contributed by atoms with Gasteiger partial charge in [0, 0.05) is 31.9 Å². The van der Waals surface area contributed by atoms with Gasteiger partial charge in [0.25, 0.3) is 0 Å². The summed E-state index contributed by atoms with van der Waals surface area (Å²) in [6, 6.07) is 4.37. The first-order chi connectivity index (χ1) is 17.1. The van der Waals surface area contributed by atoms with Crippen LogP contribution in [0.3, 0.4) is 0 Å². The zero-order valence-corrected chi connectivity index (χ0v) is 21.3. The Labute approximate surface area is 209 Å². The van der Waals surface area contributed by atoms with E-state index >= 15 is 0 Å². The highest BCUT2D eigenvalue weighted by Gasteiger charge is 2.73. The van der Waals surface area contributed by atoms with Crippen molar-refractivity contribution in [2.75, 3.05) is 46.8 Å². The number of rotatable bonds is 11. The first-order valence-electron chi connectivity index (χ1n) is 13.7. The molecule has 1 N–H and O–H groups in total. The van der Waals surface area contributed by atoms with Gasteiger partial charge in [0.2, 0.25) is 0 Å². The Kier molecular flexibility index (Phi) is 6.50. The topological polar surface area (TPSA) is 69.6 Å². The Morgan fingerprint density at radius 2 is 2.03 bits per heavy atom. The van der Waals surface area contributed by atoms with Crippen LogP contribution in [0.25, 0.3) is 0 Å². The molecule has 0 amide bonds. The molecule has 0 radical (unpaired) electrons. The van der Waals surface area contributed by atoms with Crippen LogP contribution in [-0.4, -0.2) is 80.7 Å². The zero-order chi connectivity index (χ0) is 24.0. The lowest BCUT2D eigenvalue weighted by Gasteiger charge is -2.64. The van der Waals surface area contributed by atoms with Gasteiger partial charge in [0.05, 0.1) is 30.3 Å². The van der Waals surface area contributed by atoms with E-state index in [2.05, 4.69) is 17.9 Å². The number of likely N-dealkylation sites (tertiary alicyclic amines) is 1. The maximum absolute atomic E-state index is 12.6. The average Bonchev–Trinajstić information content (AvgIpc) is 3.18. The second-order valence-corrected chi connectivity index (χ2v) is 11.2. The van der Waals surface area contributed by atoms with Crippen molar-refractivity contribution in [2.45, 2.75) is 87.6 Å². The highest BCUT2D eigenvalue weighted by molar-refractivity contribution is 5.63. The monoisotopic (exact) mass is 487 g/mol. The summed E-state index contributed by atoms with van der Waals surface area (Å²) in [7, 11) is 1.66. The van der Waals surface area contributed by atoms with E-state index in [0.29, 0.717) is 19.0 Å². The molecule has 1 saturated heterocycles. The number of hydrogen-bond donors (Lipinski definition) is 1. The number of hydrogen-bond acceptors (Lipinski definition) is 7. The molecule has 194 valence electrons. The molecule has 2 unspecified atom stereocenters. The molecule has 1 spiro atoms. The normalized spacial score (nSPS) is 35.3. The van der Waals surface area contributed by atoms with Gasteiger partial charge in [0.1, 0.15) is 6.10 Å². The molecular formula is C28H41NO6. The fourth-order valence-electron chi connectivity index (χ4n) is 7.66. The number of aliphatic hydroxyl groups is 1. The minimum Gasteiger partial charge on any atom is -0.482 e. The summed E-state index contributed by atoms with van der Waals surface area (Å²) >= 11 is 0. The van der Waals surface area contributed by atoms with Crippen LogP contribution in [0.2, 0.25) is 0 Å². The lowest BCUT2D eigenvalue weighted by atomic mass is 9.48. The zero-order valence-electron chi connectivity index (χ0n) is 21.3. The molecule has 5 atom stereocenters. The average molecular weight is 488 g/mol. The molecule has 3 fully saturated rings. The molecule has 2 aliphatic heterocycles. The van der Waals surface area contributed by atoms with Crippen LogP contribution >= 0.6 is 0 Å². The van der Waals surface area contributed by atoms with E-state index in [-0.39, 0.29) is 25.0 Å². The smallest absolute Gasteiger partial charge is 0.189 e. The van der Waals surface area contributed by atoms with E-state index < -0.39 is 11.0 Å². The Bertz CT molecular complexity index is 921. The third-order valence-electron chi connectivity index (χ3n) is 9.49. The van der Waals surface area contributed by atoms with Gasteiger partial charge in [-0.1, -0.05) is 19.4 Å². The highest BCUT2D eigenvalue weighted by atomic mass is 16.7. The van der Waals surface area contributed by atoms with Crippen molar-refractivity contribution >= 4 is 0 Å². The number of nitrogens with zero attached hydrogens (tertiary/aromatic N) is 1. The predicted molar refractivity (Wildman–Crippen MR) is 131 cm³/mol. The summed E-state index contributed by atoms with van der Waals surface area (Å²) in [6.07, 6.45) is 8.16. The molecule has 2 bridgehead atoms. The number of methoxy groups -OCH3 is 1. The van der Waals surface area contributed by atoms with E-state index in [9.17, 15) is 5.11 Å². The second-order valence-electron chi connectivity index (χ2n) is 11.2. The number of piperidine rings is 1. The first kappa shape index (κ1) is 24.0. The molecule has 35 heavy (non-hydrogen) atoms. The lowest BCUT2D eigenvalue weighted by Crippen LogP contribution is -2.77. The Morgan fingerprint density at radius 1 is 1.14 bits per heavy atom. The van der Waals surface area contributed by atoms with Crippen LogP contribution in [-0.2, 0) is 26.0 Å². The van der Waals surface area contributed by atoms with Crippen molar-refractivity contribution in [3.63, 3.8) is 0 Å². The molecule has 6 rings (SSSR count). The van der Waals surface area contributed by atoms with Crippen molar-refractivity contribution in [3.05, 3.63) is 23.3 Å². The van der Waals surface area contributed by atoms with Crippen molar-refractivity contribution in [2.24, 2.45) is 5.92 Å². The quantitative estimate of drug-likeness (QED) is 0.379. The van der Waals surface area contributed by atoms with E-state index in [1.54, 1.807) is 7.11 Å². The molecule has 2 heterocycles. The van der Waals surface area contributed by atoms with Gasteiger partial charge in [-0.05, 0) is 69.0 Å². The highest BCUT2D eigenvalue weighted by Crippen LogP contribution is 2.66. The summed E-state index contributed by atoms with van der Waals surface area (Å²) in [5.41, 5.74) is 1.24. The molecule has 5 aliphatic rings. The molecule has 7 nitrogen and oxygen atoms in total. The van der Waals surface area contributed by atoms with Gasteiger partial charge in [-0.15, -0.1) is 0 Å². The van der Waals surface area contributed by atoms with Crippen LogP contribution in [0.15, 0.2) is 12.1 Å². The van der Waals surface area contributed by atoms with Crippen molar-refractivity contribution in [1.82, 2.24) is 4.90 Å². The first-order valence-corrected chi connectivity index (χ1v) is 13.7. The fourth-order valence-corrected chi connectivity index (χ4v) is 7.66. The number of ether oxygens (including phenoxy) is 5. The molecule has 7 heteroatoms. The van der Waals surface area contributed by atoms with Crippen LogP contribution in [0, 0.1) is 5.92 Å². The largest absolute Gasteiger partial charge is 0.482 e. The summed E-state index contributed by atoms with van der Waals surface area (Å²) in [4.78, 5) is 2.62. The Hall–Kier alpha value is -1.38. The Balaban J connectivity index is 1.36. The molecular weight excluding hydrogens is 446 g/mol. The minimum absolute atomic E-state index is 0.0155. The summed E-state index contributed by atoms with van der Waals surface area (Å²) in [5, 5.41) is 12.6. The van der Waals surface area contributed by atoms with Crippen molar-refractivity contribution in [3.8, 4) is 11.5 Å². The lowest BCUT2D eigenvalue weighted by molar-refractivity contribution is -0.216. The van der Waals surface area contributed by atoms with Crippen LogP contribution < -0.4 is 9.47 Å². The molecule has 2 saturated carbocycles.